The largest absolute Gasteiger partial charge is 0.480 e. The lowest BCUT2D eigenvalue weighted by Gasteiger charge is -2.37. The molecule has 2 N–H and O–H groups in total. The number of carbonyl (C=O) groups is 3. The Morgan fingerprint density at radius 2 is 1.66 bits per heavy atom. The molecule has 35 heavy (non-hydrogen) atoms. The van der Waals surface area contributed by atoms with Crippen LogP contribution in [0.4, 0.5) is 5.69 Å². The summed E-state index contributed by atoms with van der Waals surface area (Å²) in [7, 11) is 1.47. The summed E-state index contributed by atoms with van der Waals surface area (Å²) < 4.78 is 0. The molecular weight excluding hydrogens is 511 g/mol. The first-order valence-electron chi connectivity index (χ1n) is 10.8. The first-order chi connectivity index (χ1) is 16.4. The van der Waals surface area contributed by atoms with Crippen molar-refractivity contribution in [2.75, 3.05) is 12.4 Å². The predicted molar refractivity (Wildman–Crippen MR) is 139 cm³/mol. The number of rotatable bonds is 7. The molecule has 2 atom stereocenters. The quantitative estimate of drug-likeness (QED) is 0.453. The number of hydrogen-bond donors (Lipinski definition) is 2. The Kier molecular flexibility index (Phi) is 8.31. The zero-order valence-corrected chi connectivity index (χ0v) is 21.7. The van der Waals surface area contributed by atoms with Crippen LogP contribution in [-0.4, -0.2) is 40.9 Å². The minimum Gasteiger partial charge on any atom is -0.480 e. The third-order valence-electron chi connectivity index (χ3n) is 5.98. The number of likely N-dealkylation sites (N-methyl/N-ethyl adjacent to an activating group) is 1. The fourth-order valence-electron chi connectivity index (χ4n) is 3.97. The number of halogens is 3. The van der Waals surface area contributed by atoms with E-state index in [9.17, 15) is 19.5 Å². The highest BCUT2D eigenvalue weighted by atomic mass is 35.5. The number of carboxylic acid groups (broad SMARTS) is 1. The van der Waals surface area contributed by atoms with Crippen LogP contribution in [0.2, 0.25) is 10.0 Å². The van der Waals surface area contributed by atoms with E-state index in [2.05, 4.69) is 5.32 Å². The van der Waals surface area contributed by atoms with Crippen molar-refractivity contribution in [1.29, 1.82) is 0 Å². The van der Waals surface area contributed by atoms with Crippen molar-refractivity contribution < 1.29 is 19.5 Å². The number of hydrogen-bond acceptors (Lipinski definition) is 3. The normalized spacial score (nSPS) is 17.3. The number of carbonyl (C=O) groups excluding carboxylic acids is 2. The summed E-state index contributed by atoms with van der Waals surface area (Å²) in [6.45, 7) is 3.77. The Labute approximate surface area is 219 Å². The first-order valence-corrected chi connectivity index (χ1v) is 11.9. The molecule has 1 aliphatic carbocycles. The van der Waals surface area contributed by atoms with E-state index in [-0.39, 0.29) is 27.9 Å². The van der Waals surface area contributed by atoms with Crippen LogP contribution in [0.25, 0.3) is 0 Å². The van der Waals surface area contributed by atoms with Crippen molar-refractivity contribution in [1.82, 2.24) is 4.90 Å². The minimum absolute atomic E-state index is 0.0759. The third-order valence-corrected chi connectivity index (χ3v) is 6.95. The van der Waals surface area contributed by atoms with Gasteiger partial charge in [-0.25, -0.2) is 4.79 Å². The number of nitrogens with one attached hydrogen (secondary N) is 1. The molecule has 0 bridgehead atoms. The topological polar surface area (TPSA) is 86.7 Å². The molecule has 0 spiro atoms. The van der Waals surface area contributed by atoms with Gasteiger partial charge < -0.3 is 15.3 Å². The van der Waals surface area contributed by atoms with Gasteiger partial charge in [-0.15, -0.1) is 0 Å². The van der Waals surface area contributed by atoms with E-state index in [4.69, 9.17) is 34.8 Å². The highest BCUT2D eigenvalue weighted by Crippen LogP contribution is 2.40. The van der Waals surface area contributed by atoms with Gasteiger partial charge in [-0.1, -0.05) is 79.0 Å². The first kappa shape index (κ1) is 26.8. The predicted octanol–water partition coefficient (Wildman–Crippen LogP) is 6.03. The standard InChI is InChI=1S/C26H25Cl3N2O4/c1-26(2)13-5-8-19(29)22(26)24(33)31(3)20(25(34)35)14-15-9-11-16(12-10-15)30-23(32)21-17(27)6-4-7-18(21)28/h4-13,20,22H,14H2,1-3H3,(H,30,32)(H,34,35). The minimum atomic E-state index is -1.13. The molecule has 184 valence electrons. The van der Waals surface area contributed by atoms with E-state index in [0.717, 1.165) is 0 Å². The van der Waals surface area contributed by atoms with Crippen LogP contribution in [0.15, 0.2) is 65.7 Å². The smallest absolute Gasteiger partial charge is 0.326 e. The Balaban J connectivity index is 1.73. The summed E-state index contributed by atoms with van der Waals surface area (Å²) in [5, 5.41) is 13.4. The highest BCUT2D eigenvalue weighted by molar-refractivity contribution is 6.40. The Bertz CT molecular complexity index is 1190. The summed E-state index contributed by atoms with van der Waals surface area (Å²) in [4.78, 5) is 39.1. The number of amides is 2. The second-order valence-electron chi connectivity index (χ2n) is 8.92. The molecule has 0 saturated heterocycles. The van der Waals surface area contributed by atoms with Crippen molar-refractivity contribution in [3.63, 3.8) is 0 Å². The van der Waals surface area contributed by atoms with Crippen LogP contribution in [0, 0.1) is 11.3 Å². The molecule has 2 aromatic carbocycles. The van der Waals surface area contributed by atoms with Gasteiger partial charge in [0, 0.05) is 24.2 Å². The Hall–Kier alpha value is -2.80. The van der Waals surface area contributed by atoms with Crippen molar-refractivity contribution in [3.8, 4) is 0 Å². The van der Waals surface area contributed by atoms with Gasteiger partial charge in [-0.05, 0) is 41.3 Å². The van der Waals surface area contributed by atoms with E-state index >= 15 is 0 Å². The lowest BCUT2D eigenvalue weighted by molar-refractivity contribution is -0.151. The lowest BCUT2D eigenvalue weighted by atomic mass is 9.75. The zero-order valence-electron chi connectivity index (χ0n) is 19.4. The van der Waals surface area contributed by atoms with Gasteiger partial charge in [-0.3, -0.25) is 9.59 Å². The van der Waals surface area contributed by atoms with E-state index in [1.54, 1.807) is 54.6 Å². The van der Waals surface area contributed by atoms with Gasteiger partial charge >= 0.3 is 5.97 Å². The zero-order chi connectivity index (χ0) is 25.9. The van der Waals surface area contributed by atoms with Gasteiger partial charge in [0.05, 0.1) is 21.5 Å². The van der Waals surface area contributed by atoms with Crippen molar-refractivity contribution >= 4 is 58.3 Å². The van der Waals surface area contributed by atoms with Crippen molar-refractivity contribution in [2.24, 2.45) is 11.3 Å². The fraction of sp³-hybridized carbons (Fsp3) is 0.269. The van der Waals surface area contributed by atoms with Gasteiger partial charge in [-0.2, -0.15) is 0 Å². The van der Waals surface area contributed by atoms with E-state index < -0.39 is 29.3 Å². The molecule has 0 heterocycles. The molecule has 2 amide bonds. The number of anilines is 1. The summed E-state index contributed by atoms with van der Waals surface area (Å²) >= 11 is 18.5. The highest BCUT2D eigenvalue weighted by Gasteiger charge is 2.41. The van der Waals surface area contributed by atoms with E-state index in [0.29, 0.717) is 16.3 Å². The molecule has 0 aliphatic heterocycles. The van der Waals surface area contributed by atoms with Gasteiger partial charge in [0.15, 0.2) is 0 Å². The second-order valence-corrected chi connectivity index (χ2v) is 10.2. The van der Waals surface area contributed by atoms with Crippen molar-refractivity contribution in [3.05, 3.63) is 86.9 Å². The molecule has 0 fully saturated rings. The van der Waals surface area contributed by atoms with Crippen LogP contribution in [0.5, 0.6) is 0 Å². The van der Waals surface area contributed by atoms with E-state index in [1.807, 2.05) is 19.9 Å². The maximum absolute atomic E-state index is 13.3. The summed E-state index contributed by atoms with van der Waals surface area (Å²) in [5.41, 5.74) is 0.776. The fourth-order valence-corrected chi connectivity index (χ4v) is 4.99. The third kappa shape index (κ3) is 6.07. The number of benzene rings is 2. The van der Waals surface area contributed by atoms with E-state index in [1.165, 1.54) is 11.9 Å². The Morgan fingerprint density at radius 1 is 1.06 bits per heavy atom. The van der Waals surface area contributed by atoms with Crippen LogP contribution >= 0.6 is 34.8 Å². The number of allylic oxidation sites excluding steroid dienone is 3. The molecule has 6 nitrogen and oxygen atoms in total. The molecule has 0 aromatic heterocycles. The summed E-state index contributed by atoms with van der Waals surface area (Å²) in [6.07, 6.45) is 5.41. The van der Waals surface area contributed by atoms with Crippen LogP contribution in [0.1, 0.15) is 29.8 Å². The molecule has 2 aromatic rings. The maximum atomic E-state index is 13.3. The van der Waals surface area contributed by atoms with Crippen molar-refractivity contribution in [2.45, 2.75) is 26.3 Å². The lowest BCUT2D eigenvalue weighted by Crippen LogP contribution is -2.49. The number of nitrogens with zero attached hydrogens (tertiary/aromatic N) is 1. The van der Waals surface area contributed by atoms with Crippen LogP contribution in [-0.2, 0) is 16.0 Å². The SMILES string of the molecule is CN(C(=O)C1C(Cl)=CC=CC1(C)C)C(Cc1ccc(NC(=O)c2c(Cl)cccc2Cl)cc1)C(=O)O. The summed E-state index contributed by atoms with van der Waals surface area (Å²) in [6, 6.07) is 10.4. The van der Waals surface area contributed by atoms with Gasteiger partial charge in [0.1, 0.15) is 6.04 Å². The molecular formula is C26H25Cl3N2O4. The average molecular weight is 536 g/mol. The molecule has 3 rings (SSSR count). The number of carboxylic acids is 1. The number of aliphatic carboxylic acids is 1. The molecule has 9 heteroatoms. The van der Waals surface area contributed by atoms with Gasteiger partial charge in [0.2, 0.25) is 5.91 Å². The monoisotopic (exact) mass is 534 g/mol. The summed E-state index contributed by atoms with van der Waals surface area (Å²) in [5.74, 6) is -2.63. The molecule has 0 radical (unpaired) electrons. The maximum Gasteiger partial charge on any atom is 0.326 e. The molecule has 0 saturated carbocycles. The molecule has 1 aliphatic rings. The van der Waals surface area contributed by atoms with Crippen LogP contribution < -0.4 is 5.32 Å². The average Bonchev–Trinajstić information content (AvgIpc) is 2.77. The second kappa shape index (κ2) is 10.9. The van der Waals surface area contributed by atoms with Gasteiger partial charge in [0.25, 0.3) is 5.91 Å². The molecule has 2 unspecified atom stereocenters. The van der Waals surface area contributed by atoms with Crippen LogP contribution in [0.3, 0.4) is 0 Å². The Morgan fingerprint density at radius 3 is 2.20 bits per heavy atom.